The minimum absolute atomic E-state index is 0.0141. The van der Waals surface area contributed by atoms with E-state index in [9.17, 15) is 4.79 Å². The lowest BCUT2D eigenvalue weighted by Crippen LogP contribution is -2.09. The van der Waals surface area contributed by atoms with Gasteiger partial charge in [-0.25, -0.2) is 4.79 Å². The van der Waals surface area contributed by atoms with Gasteiger partial charge in [-0.3, -0.25) is 0 Å². The van der Waals surface area contributed by atoms with Crippen LogP contribution in [0.1, 0.15) is 27.3 Å². The Morgan fingerprint density at radius 3 is 2.58 bits per heavy atom. The summed E-state index contributed by atoms with van der Waals surface area (Å²) in [7, 11) is 0. The molecule has 6 heteroatoms. The van der Waals surface area contributed by atoms with Crippen molar-refractivity contribution < 1.29 is 9.53 Å². The smallest absolute Gasteiger partial charge is 0.361 e. The van der Waals surface area contributed by atoms with Crippen LogP contribution in [0.4, 0.5) is 0 Å². The van der Waals surface area contributed by atoms with E-state index >= 15 is 0 Å². The number of rotatable bonds is 4. The van der Waals surface area contributed by atoms with Gasteiger partial charge in [-0.05, 0) is 25.1 Å². The van der Waals surface area contributed by atoms with Crippen LogP contribution in [0.3, 0.4) is 0 Å². The van der Waals surface area contributed by atoms with Gasteiger partial charge in [0.2, 0.25) is 0 Å². The Balaban J connectivity index is 1.76. The highest BCUT2D eigenvalue weighted by Crippen LogP contribution is 2.12. The van der Waals surface area contributed by atoms with Crippen molar-refractivity contribution in [3.63, 3.8) is 0 Å². The summed E-state index contributed by atoms with van der Waals surface area (Å²) in [6.45, 7) is 1.71. The maximum atomic E-state index is 12.3. The lowest BCUT2D eigenvalue weighted by Gasteiger charge is -2.04. The zero-order valence-corrected chi connectivity index (χ0v) is 13.0. The average molecular weight is 318 g/mol. The van der Waals surface area contributed by atoms with Gasteiger partial charge >= 0.3 is 5.97 Å². The molecule has 0 spiro atoms. The molecule has 0 fully saturated rings. The Labute approximate surface area is 138 Å². The van der Waals surface area contributed by atoms with Crippen molar-refractivity contribution in [2.45, 2.75) is 13.5 Å². The van der Waals surface area contributed by atoms with Crippen LogP contribution in [0, 0.1) is 18.3 Å². The number of aromatic nitrogens is 3. The Kier molecular flexibility index (Phi) is 4.34. The molecule has 2 aromatic carbocycles. The molecule has 0 N–H and O–H groups in total. The first-order chi connectivity index (χ1) is 11.7. The first-order valence-electron chi connectivity index (χ1n) is 7.33. The third-order valence-corrected chi connectivity index (χ3v) is 3.46. The van der Waals surface area contributed by atoms with Gasteiger partial charge in [0.05, 0.1) is 23.0 Å². The van der Waals surface area contributed by atoms with E-state index in [1.807, 2.05) is 30.3 Å². The second-order valence-corrected chi connectivity index (χ2v) is 5.10. The van der Waals surface area contributed by atoms with Crippen LogP contribution in [0.15, 0.2) is 54.6 Å². The van der Waals surface area contributed by atoms with Crippen LogP contribution in [-0.2, 0) is 11.3 Å². The first-order valence-corrected chi connectivity index (χ1v) is 7.33. The number of carbonyl (C=O) groups excluding carboxylic acids is 1. The summed E-state index contributed by atoms with van der Waals surface area (Å²) in [6.07, 6.45) is 0. The normalized spacial score (nSPS) is 10.2. The van der Waals surface area contributed by atoms with E-state index in [0.29, 0.717) is 16.8 Å². The quantitative estimate of drug-likeness (QED) is 0.691. The highest BCUT2D eigenvalue weighted by atomic mass is 16.5. The molecule has 3 rings (SSSR count). The number of esters is 1. The lowest BCUT2D eigenvalue weighted by molar-refractivity contribution is 0.0464. The summed E-state index contributed by atoms with van der Waals surface area (Å²) in [5.41, 5.74) is 2.54. The topological polar surface area (TPSA) is 80.8 Å². The molecular formula is C18H14N4O2. The SMILES string of the molecule is Cc1nn(-c2ccccc2)nc1C(=O)OCc1ccccc1C#N. The van der Waals surface area contributed by atoms with E-state index in [1.54, 1.807) is 31.2 Å². The van der Waals surface area contributed by atoms with E-state index in [2.05, 4.69) is 16.3 Å². The molecule has 0 unspecified atom stereocenters. The second kappa shape index (κ2) is 6.75. The van der Waals surface area contributed by atoms with Gasteiger partial charge in [-0.2, -0.15) is 15.2 Å². The zero-order valence-electron chi connectivity index (χ0n) is 13.0. The van der Waals surface area contributed by atoms with Crippen LogP contribution < -0.4 is 0 Å². The number of nitriles is 1. The van der Waals surface area contributed by atoms with Gasteiger partial charge in [-0.15, -0.1) is 5.10 Å². The predicted octanol–water partition coefficient (Wildman–Crippen LogP) is 2.80. The number of carbonyl (C=O) groups is 1. The van der Waals surface area contributed by atoms with Crippen LogP contribution in [-0.4, -0.2) is 21.0 Å². The summed E-state index contributed by atoms with van der Waals surface area (Å²) in [5.74, 6) is -0.567. The summed E-state index contributed by atoms with van der Waals surface area (Å²) in [4.78, 5) is 13.7. The standard InChI is InChI=1S/C18H14N4O2/c1-13-17(21-22(20-13)16-9-3-2-4-10-16)18(23)24-12-15-8-6-5-7-14(15)11-19/h2-10H,12H2,1H3. The largest absolute Gasteiger partial charge is 0.456 e. The highest BCUT2D eigenvalue weighted by molar-refractivity contribution is 5.88. The van der Waals surface area contributed by atoms with Crippen LogP contribution in [0.25, 0.3) is 5.69 Å². The fraction of sp³-hybridized carbons (Fsp3) is 0.111. The molecule has 0 aliphatic rings. The van der Waals surface area contributed by atoms with Crippen molar-refractivity contribution in [2.75, 3.05) is 0 Å². The minimum atomic E-state index is -0.567. The van der Waals surface area contributed by atoms with Crippen LogP contribution in [0.2, 0.25) is 0 Å². The fourth-order valence-corrected chi connectivity index (χ4v) is 2.21. The van der Waals surface area contributed by atoms with Crippen LogP contribution >= 0.6 is 0 Å². The van der Waals surface area contributed by atoms with Crippen molar-refractivity contribution in [3.8, 4) is 11.8 Å². The van der Waals surface area contributed by atoms with Crippen molar-refractivity contribution in [1.29, 1.82) is 5.26 Å². The molecule has 0 aliphatic heterocycles. The maximum Gasteiger partial charge on any atom is 0.361 e. The molecule has 0 bridgehead atoms. The number of ether oxygens (including phenoxy) is 1. The summed E-state index contributed by atoms with van der Waals surface area (Å²) < 4.78 is 5.28. The summed E-state index contributed by atoms with van der Waals surface area (Å²) in [6, 6.07) is 18.4. The molecule has 6 nitrogen and oxygen atoms in total. The molecule has 0 saturated carbocycles. The number of benzene rings is 2. The maximum absolute atomic E-state index is 12.3. The van der Waals surface area contributed by atoms with E-state index in [4.69, 9.17) is 10.00 Å². The van der Waals surface area contributed by atoms with Crippen molar-refractivity contribution in [3.05, 3.63) is 77.1 Å². The lowest BCUT2D eigenvalue weighted by atomic mass is 10.1. The molecule has 0 atom stereocenters. The van der Waals surface area contributed by atoms with Crippen molar-refractivity contribution >= 4 is 5.97 Å². The molecule has 0 radical (unpaired) electrons. The van der Waals surface area contributed by atoms with Gasteiger partial charge in [0.15, 0.2) is 5.69 Å². The first kappa shape index (κ1) is 15.4. The minimum Gasteiger partial charge on any atom is -0.456 e. The van der Waals surface area contributed by atoms with E-state index in [-0.39, 0.29) is 12.3 Å². The van der Waals surface area contributed by atoms with Gasteiger partial charge < -0.3 is 4.74 Å². The predicted molar refractivity (Wildman–Crippen MR) is 86.4 cm³/mol. The zero-order chi connectivity index (χ0) is 16.9. The summed E-state index contributed by atoms with van der Waals surface area (Å²) >= 11 is 0. The Hall–Kier alpha value is -3.46. The molecule has 1 aromatic heterocycles. The number of nitrogens with zero attached hydrogens (tertiary/aromatic N) is 4. The number of para-hydroxylation sites is 1. The Morgan fingerprint density at radius 2 is 1.83 bits per heavy atom. The van der Waals surface area contributed by atoms with Crippen molar-refractivity contribution in [2.24, 2.45) is 0 Å². The van der Waals surface area contributed by atoms with Crippen LogP contribution in [0.5, 0.6) is 0 Å². The molecule has 1 heterocycles. The van der Waals surface area contributed by atoms with Gasteiger partial charge in [0, 0.05) is 5.56 Å². The molecule has 24 heavy (non-hydrogen) atoms. The molecule has 0 saturated heterocycles. The van der Waals surface area contributed by atoms with Crippen molar-refractivity contribution in [1.82, 2.24) is 15.0 Å². The summed E-state index contributed by atoms with van der Waals surface area (Å²) in [5, 5.41) is 17.5. The van der Waals surface area contributed by atoms with Gasteiger partial charge in [0.25, 0.3) is 0 Å². The molecular weight excluding hydrogens is 304 g/mol. The van der Waals surface area contributed by atoms with E-state index < -0.39 is 5.97 Å². The third-order valence-electron chi connectivity index (χ3n) is 3.46. The Morgan fingerprint density at radius 1 is 1.12 bits per heavy atom. The third kappa shape index (κ3) is 3.15. The molecule has 0 amide bonds. The average Bonchev–Trinajstić information content (AvgIpc) is 3.02. The molecule has 3 aromatic rings. The molecule has 0 aliphatic carbocycles. The highest BCUT2D eigenvalue weighted by Gasteiger charge is 2.18. The molecule has 118 valence electrons. The van der Waals surface area contributed by atoms with Gasteiger partial charge in [0.1, 0.15) is 6.61 Å². The Bertz CT molecular complexity index is 910. The number of hydrogen-bond acceptors (Lipinski definition) is 5. The van der Waals surface area contributed by atoms with E-state index in [1.165, 1.54) is 4.80 Å². The van der Waals surface area contributed by atoms with Gasteiger partial charge in [-0.1, -0.05) is 36.4 Å². The number of aryl methyl sites for hydroxylation is 1. The number of hydrogen-bond donors (Lipinski definition) is 0. The fourth-order valence-electron chi connectivity index (χ4n) is 2.21. The monoisotopic (exact) mass is 318 g/mol. The van der Waals surface area contributed by atoms with E-state index in [0.717, 1.165) is 5.69 Å². The second-order valence-electron chi connectivity index (χ2n) is 5.10.